The summed E-state index contributed by atoms with van der Waals surface area (Å²) in [6.45, 7) is 5.02. The fraction of sp³-hybridized carbons (Fsp3) is 0.429. The summed E-state index contributed by atoms with van der Waals surface area (Å²) in [5, 5.41) is 2.65. The zero-order chi connectivity index (χ0) is 28.3. The van der Waals surface area contributed by atoms with E-state index in [2.05, 4.69) is 10.3 Å². The molecule has 12 nitrogen and oxygen atoms in total. The first kappa shape index (κ1) is 29.0. The zero-order valence-corrected chi connectivity index (χ0v) is 22.4. The average Bonchev–Trinajstić information content (AvgIpc) is 2.93. The van der Waals surface area contributed by atoms with Crippen LogP contribution in [0.2, 0.25) is 0 Å². The van der Waals surface area contributed by atoms with Crippen LogP contribution >= 0.6 is 0 Å². The lowest BCUT2D eigenvalue weighted by Gasteiger charge is -2.24. The van der Waals surface area contributed by atoms with Gasteiger partial charge in [-0.2, -0.15) is 0 Å². The molecule has 1 aromatic heterocycles. The summed E-state index contributed by atoms with van der Waals surface area (Å²) in [5.41, 5.74) is 6.47. The molecule has 1 unspecified atom stereocenters. The van der Waals surface area contributed by atoms with Gasteiger partial charge in [0.1, 0.15) is 36.6 Å². The van der Waals surface area contributed by atoms with Crippen LogP contribution < -0.4 is 26.1 Å². The molecule has 4 rings (SSSR count). The third-order valence-electron chi connectivity index (χ3n) is 6.19. The minimum Gasteiger partial charge on any atom is -0.491 e. The van der Waals surface area contributed by atoms with E-state index in [1.807, 2.05) is 12.1 Å². The van der Waals surface area contributed by atoms with Crippen LogP contribution in [-0.4, -0.2) is 74.2 Å². The number of nitrogens with two attached hydrogens (primary N) is 1. The topological polar surface area (TPSA) is 153 Å². The third-order valence-corrected chi connectivity index (χ3v) is 6.19. The number of piperidine rings is 1. The number of nitrogens with one attached hydrogen (secondary N) is 1. The maximum atomic E-state index is 13.1. The van der Waals surface area contributed by atoms with Gasteiger partial charge in [-0.15, -0.1) is 0 Å². The highest BCUT2D eigenvalue weighted by Crippen LogP contribution is 2.22. The Balaban J connectivity index is 1.09. The molecule has 214 valence electrons. The van der Waals surface area contributed by atoms with Gasteiger partial charge >= 0.3 is 0 Å². The van der Waals surface area contributed by atoms with E-state index in [1.165, 1.54) is 4.57 Å². The third kappa shape index (κ3) is 8.01. The number of rotatable bonds is 15. The zero-order valence-electron chi connectivity index (χ0n) is 22.4. The van der Waals surface area contributed by atoms with Gasteiger partial charge in [0, 0.05) is 18.2 Å². The molecule has 0 radical (unpaired) electrons. The van der Waals surface area contributed by atoms with Crippen LogP contribution in [0.15, 0.2) is 47.3 Å². The van der Waals surface area contributed by atoms with E-state index in [9.17, 15) is 14.4 Å². The minimum atomic E-state index is -0.757. The highest BCUT2D eigenvalue weighted by atomic mass is 16.6. The van der Waals surface area contributed by atoms with Crippen LogP contribution in [-0.2, 0) is 23.8 Å². The smallest absolute Gasteiger partial charge is 0.262 e. The second-order valence-corrected chi connectivity index (χ2v) is 9.08. The first-order valence-corrected chi connectivity index (χ1v) is 13.1. The lowest BCUT2D eigenvalue weighted by molar-refractivity contribution is -0.135. The molecule has 1 saturated heterocycles. The van der Waals surface area contributed by atoms with Crippen LogP contribution in [0.25, 0.3) is 10.9 Å². The number of aromatic nitrogens is 2. The molecule has 0 saturated carbocycles. The van der Waals surface area contributed by atoms with Crippen LogP contribution in [0.3, 0.4) is 0 Å². The SMILES string of the molecule is Cc1nc2cc(OCCOCCOCCOCCOc3ccc(N)cc3)ccc2c(=O)n1C1CCC(=O)NC1=O. The number of hydrogen-bond acceptors (Lipinski definition) is 10. The van der Waals surface area contributed by atoms with Gasteiger partial charge in [0.2, 0.25) is 11.8 Å². The number of carbonyl (C=O) groups is 2. The Morgan fingerprint density at radius 2 is 1.43 bits per heavy atom. The Bertz CT molecular complexity index is 1360. The second-order valence-electron chi connectivity index (χ2n) is 9.08. The average molecular weight is 555 g/mol. The number of amides is 2. The van der Waals surface area contributed by atoms with Crippen molar-refractivity contribution >= 4 is 28.4 Å². The van der Waals surface area contributed by atoms with Gasteiger partial charge in [0.25, 0.3) is 5.56 Å². The normalized spacial score (nSPS) is 15.3. The molecule has 2 aromatic carbocycles. The molecule has 1 aliphatic rings. The molecule has 0 aliphatic carbocycles. The maximum absolute atomic E-state index is 13.1. The molecule has 1 aliphatic heterocycles. The molecule has 3 aromatic rings. The number of carbonyl (C=O) groups excluding carboxylic acids is 2. The molecular weight excluding hydrogens is 520 g/mol. The molecule has 1 atom stereocenters. The predicted octanol–water partition coefficient (Wildman–Crippen LogP) is 1.77. The summed E-state index contributed by atoms with van der Waals surface area (Å²) in [6, 6.07) is 11.4. The number of ether oxygens (including phenoxy) is 5. The summed E-state index contributed by atoms with van der Waals surface area (Å²) in [4.78, 5) is 41.3. The highest BCUT2D eigenvalue weighted by molar-refractivity contribution is 5.99. The number of hydrogen-bond donors (Lipinski definition) is 2. The Labute approximate surface area is 231 Å². The van der Waals surface area contributed by atoms with Crippen molar-refractivity contribution in [2.75, 3.05) is 58.6 Å². The number of imide groups is 1. The van der Waals surface area contributed by atoms with Gasteiger partial charge in [0.05, 0.1) is 50.5 Å². The van der Waals surface area contributed by atoms with Crippen molar-refractivity contribution in [1.82, 2.24) is 14.9 Å². The Morgan fingerprint density at radius 1 is 0.850 bits per heavy atom. The number of anilines is 1. The van der Waals surface area contributed by atoms with Crippen molar-refractivity contribution in [1.29, 1.82) is 0 Å². The fourth-order valence-electron chi connectivity index (χ4n) is 4.22. The van der Waals surface area contributed by atoms with Gasteiger partial charge in [-0.05, 0) is 49.7 Å². The molecule has 2 amide bonds. The number of fused-ring (bicyclic) bond motifs is 1. The lowest BCUT2D eigenvalue weighted by atomic mass is 10.1. The van der Waals surface area contributed by atoms with Crippen molar-refractivity contribution in [3.8, 4) is 11.5 Å². The van der Waals surface area contributed by atoms with Crippen molar-refractivity contribution in [2.24, 2.45) is 0 Å². The van der Waals surface area contributed by atoms with Crippen LogP contribution in [0.4, 0.5) is 5.69 Å². The van der Waals surface area contributed by atoms with Crippen molar-refractivity contribution in [3.05, 3.63) is 58.6 Å². The van der Waals surface area contributed by atoms with Crippen molar-refractivity contribution in [3.63, 3.8) is 0 Å². The fourth-order valence-corrected chi connectivity index (χ4v) is 4.22. The lowest BCUT2D eigenvalue weighted by Crippen LogP contribution is -2.45. The van der Waals surface area contributed by atoms with Gasteiger partial charge in [-0.25, -0.2) is 4.98 Å². The standard InChI is InChI=1S/C28H34N4O8/c1-19-30-24-18-22(6-7-23(24)28(35)32(19)25-8-9-26(33)31-27(25)34)40-17-15-38-13-11-36-10-12-37-14-16-39-21-4-2-20(29)3-5-21/h2-7,18,25H,8-17,29H2,1H3,(H,31,33,34). The van der Waals surface area contributed by atoms with Crippen molar-refractivity contribution in [2.45, 2.75) is 25.8 Å². The Hall–Kier alpha value is -4.00. The Morgan fingerprint density at radius 3 is 2.05 bits per heavy atom. The summed E-state index contributed by atoms with van der Waals surface area (Å²) in [7, 11) is 0. The van der Waals surface area contributed by atoms with E-state index in [4.69, 9.17) is 29.4 Å². The summed E-state index contributed by atoms with van der Waals surface area (Å²) < 4.78 is 29.1. The molecule has 0 bridgehead atoms. The summed E-state index contributed by atoms with van der Waals surface area (Å²) in [5.74, 6) is 0.869. The number of nitrogen functional groups attached to an aromatic ring is 1. The monoisotopic (exact) mass is 554 g/mol. The number of nitrogens with zero attached hydrogens (tertiary/aromatic N) is 2. The Kier molecular flexibility index (Phi) is 10.4. The molecule has 12 heteroatoms. The van der Waals surface area contributed by atoms with E-state index in [1.54, 1.807) is 37.3 Å². The highest BCUT2D eigenvalue weighted by Gasteiger charge is 2.30. The molecule has 2 heterocycles. The van der Waals surface area contributed by atoms with Gasteiger partial charge in [0.15, 0.2) is 0 Å². The molecule has 3 N–H and O–H groups in total. The number of aryl methyl sites for hydroxylation is 1. The first-order chi connectivity index (χ1) is 19.4. The molecule has 40 heavy (non-hydrogen) atoms. The largest absolute Gasteiger partial charge is 0.491 e. The van der Waals surface area contributed by atoms with Gasteiger partial charge in [-0.1, -0.05) is 0 Å². The second kappa shape index (κ2) is 14.4. The van der Waals surface area contributed by atoms with Gasteiger partial charge < -0.3 is 29.4 Å². The molecular formula is C28H34N4O8. The number of benzene rings is 2. The van der Waals surface area contributed by atoms with E-state index in [0.717, 1.165) is 5.75 Å². The summed E-state index contributed by atoms with van der Waals surface area (Å²) >= 11 is 0. The maximum Gasteiger partial charge on any atom is 0.262 e. The first-order valence-electron chi connectivity index (χ1n) is 13.1. The van der Waals surface area contributed by atoms with E-state index in [0.29, 0.717) is 81.0 Å². The van der Waals surface area contributed by atoms with Gasteiger partial charge in [-0.3, -0.25) is 24.3 Å². The quantitative estimate of drug-likeness (QED) is 0.161. The minimum absolute atomic E-state index is 0.179. The molecule has 1 fully saturated rings. The van der Waals surface area contributed by atoms with Crippen molar-refractivity contribution < 1.29 is 33.3 Å². The van der Waals surface area contributed by atoms with E-state index < -0.39 is 11.9 Å². The van der Waals surface area contributed by atoms with Crippen LogP contribution in [0, 0.1) is 6.92 Å². The molecule has 0 spiro atoms. The van der Waals surface area contributed by atoms with E-state index in [-0.39, 0.29) is 24.3 Å². The summed E-state index contributed by atoms with van der Waals surface area (Å²) in [6.07, 6.45) is 0.443. The van der Waals surface area contributed by atoms with E-state index >= 15 is 0 Å². The van der Waals surface area contributed by atoms with Crippen LogP contribution in [0.5, 0.6) is 11.5 Å². The van der Waals surface area contributed by atoms with Crippen LogP contribution in [0.1, 0.15) is 24.7 Å². The predicted molar refractivity (Wildman–Crippen MR) is 146 cm³/mol.